The maximum atomic E-state index is 5.59. The lowest BCUT2D eigenvalue weighted by Gasteiger charge is -2.34. The number of aryl methyl sites for hydroxylation is 1. The highest BCUT2D eigenvalue weighted by molar-refractivity contribution is 7.15. The van der Waals surface area contributed by atoms with E-state index < -0.39 is 0 Å². The molecule has 1 unspecified atom stereocenters. The number of hydrogen-bond donors (Lipinski definition) is 1. The fourth-order valence-electron chi connectivity index (χ4n) is 2.53. The van der Waals surface area contributed by atoms with Crippen LogP contribution in [0, 0.1) is 0 Å². The molecular formula is C15H27N3O2S. The van der Waals surface area contributed by atoms with Crippen molar-refractivity contribution in [3.63, 3.8) is 0 Å². The number of morpholine rings is 1. The average Bonchev–Trinajstić information content (AvgIpc) is 2.94. The molecule has 0 aromatic carbocycles. The zero-order valence-electron chi connectivity index (χ0n) is 13.4. The molecule has 1 aromatic rings. The molecule has 2 rings (SSSR count). The summed E-state index contributed by atoms with van der Waals surface area (Å²) in [6.45, 7) is 9.47. The van der Waals surface area contributed by atoms with Crippen molar-refractivity contribution < 1.29 is 9.47 Å². The van der Waals surface area contributed by atoms with Crippen LogP contribution in [0.1, 0.15) is 30.8 Å². The van der Waals surface area contributed by atoms with Crippen LogP contribution in [0.2, 0.25) is 0 Å². The minimum absolute atomic E-state index is 0.462. The Morgan fingerprint density at radius 3 is 3.05 bits per heavy atom. The maximum Gasteiger partial charge on any atom is 0.186 e. The first-order valence-electron chi connectivity index (χ1n) is 7.82. The number of aromatic nitrogens is 1. The summed E-state index contributed by atoms with van der Waals surface area (Å²) in [6.07, 6.45) is 2.08. The Morgan fingerprint density at radius 1 is 1.48 bits per heavy atom. The van der Waals surface area contributed by atoms with E-state index in [1.165, 1.54) is 10.6 Å². The van der Waals surface area contributed by atoms with Gasteiger partial charge in [0, 0.05) is 31.6 Å². The van der Waals surface area contributed by atoms with E-state index >= 15 is 0 Å². The van der Waals surface area contributed by atoms with Gasteiger partial charge in [0.25, 0.3) is 0 Å². The number of rotatable bonds is 8. The Hall–Kier alpha value is -0.690. The molecule has 1 N–H and O–H groups in total. The number of nitrogens with one attached hydrogen (secondary N) is 1. The van der Waals surface area contributed by atoms with Crippen LogP contribution in [-0.2, 0) is 22.4 Å². The van der Waals surface area contributed by atoms with Crippen LogP contribution in [0.25, 0.3) is 0 Å². The van der Waals surface area contributed by atoms with Crippen LogP contribution in [0.4, 0.5) is 5.13 Å². The number of anilines is 1. The SMILES string of the molecule is CCc1nc(N2CCOCC2CC)sc1CNCCOC. The molecule has 0 amide bonds. The molecular weight excluding hydrogens is 286 g/mol. The van der Waals surface area contributed by atoms with Gasteiger partial charge in [-0.15, -0.1) is 11.3 Å². The van der Waals surface area contributed by atoms with E-state index in [0.717, 1.165) is 57.4 Å². The van der Waals surface area contributed by atoms with E-state index in [2.05, 4.69) is 24.1 Å². The lowest BCUT2D eigenvalue weighted by atomic mass is 10.2. The molecule has 0 radical (unpaired) electrons. The highest BCUT2D eigenvalue weighted by Crippen LogP contribution is 2.30. The first-order valence-corrected chi connectivity index (χ1v) is 8.64. The summed E-state index contributed by atoms with van der Waals surface area (Å²) in [5, 5.41) is 4.58. The van der Waals surface area contributed by atoms with Crippen molar-refractivity contribution in [3.05, 3.63) is 10.6 Å². The highest BCUT2D eigenvalue weighted by atomic mass is 32.1. The molecule has 1 fully saturated rings. The van der Waals surface area contributed by atoms with Gasteiger partial charge in [0.05, 0.1) is 31.6 Å². The van der Waals surface area contributed by atoms with Crippen LogP contribution >= 0.6 is 11.3 Å². The van der Waals surface area contributed by atoms with Gasteiger partial charge in [-0.2, -0.15) is 0 Å². The molecule has 1 aromatic heterocycles. The maximum absolute atomic E-state index is 5.59. The predicted octanol–water partition coefficient (Wildman–Crippen LogP) is 2.06. The normalized spacial score (nSPS) is 19.2. The standard InChI is InChI=1S/C15H27N3O2S/c1-4-12-11-20-9-7-18(12)15-17-13(5-2)14(21-15)10-16-6-8-19-3/h12,16H,4-11H2,1-3H3. The van der Waals surface area contributed by atoms with Crippen molar-refractivity contribution >= 4 is 16.5 Å². The molecule has 1 saturated heterocycles. The van der Waals surface area contributed by atoms with Gasteiger partial charge < -0.3 is 19.7 Å². The second-order valence-electron chi connectivity index (χ2n) is 5.22. The van der Waals surface area contributed by atoms with Crippen molar-refractivity contribution in [2.75, 3.05) is 44.9 Å². The van der Waals surface area contributed by atoms with Crippen molar-refractivity contribution in [2.24, 2.45) is 0 Å². The van der Waals surface area contributed by atoms with E-state index in [-0.39, 0.29) is 0 Å². The lowest BCUT2D eigenvalue weighted by molar-refractivity contribution is 0.0929. The minimum atomic E-state index is 0.462. The Morgan fingerprint density at radius 2 is 2.33 bits per heavy atom. The first-order chi connectivity index (χ1) is 10.3. The number of ether oxygens (including phenoxy) is 2. The zero-order chi connectivity index (χ0) is 15.1. The Balaban J connectivity index is 2.04. The lowest BCUT2D eigenvalue weighted by Crippen LogP contribution is -2.45. The first kappa shape index (κ1) is 16.7. The minimum Gasteiger partial charge on any atom is -0.383 e. The largest absolute Gasteiger partial charge is 0.383 e. The van der Waals surface area contributed by atoms with E-state index in [9.17, 15) is 0 Å². The predicted molar refractivity (Wildman–Crippen MR) is 87.3 cm³/mol. The van der Waals surface area contributed by atoms with Crippen molar-refractivity contribution in [3.8, 4) is 0 Å². The summed E-state index contributed by atoms with van der Waals surface area (Å²) in [4.78, 5) is 8.64. The van der Waals surface area contributed by atoms with Gasteiger partial charge >= 0.3 is 0 Å². The van der Waals surface area contributed by atoms with E-state index in [1.54, 1.807) is 7.11 Å². The fraction of sp³-hybridized carbons (Fsp3) is 0.800. The van der Waals surface area contributed by atoms with Crippen LogP contribution in [-0.4, -0.2) is 51.0 Å². The molecule has 120 valence electrons. The summed E-state index contributed by atoms with van der Waals surface area (Å²) in [5.41, 5.74) is 1.22. The molecule has 1 aliphatic rings. The Kier molecular flexibility index (Phi) is 6.89. The topological polar surface area (TPSA) is 46.6 Å². The molecule has 1 aliphatic heterocycles. The van der Waals surface area contributed by atoms with E-state index in [1.807, 2.05) is 11.3 Å². The van der Waals surface area contributed by atoms with Crippen molar-refractivity contribution in [2.45, 2.75) is 39.3 Å². The van der Waals surface area contributed by atoms with Crippen LogP contribution in [0.5, 0.6) is 0 Å². The second-order valence-corrected chi connectivity index (χ2v) is 6.28. The molecule has 0 aliphatic carbocycles. The average molecular weight is 313 g/mol. The van der Waals surface area contributed by atoms with Crippen LogP contribution < -0.4 is 10.2 Å². The van der Waals surface area contributed by atoms with Crippen molar-refractivity contribution in [1.82, 2.24) is 10.3 Å². The van der Waals surface area contributed by atoms with Gasteiger partial charge in [-0.25, -0.2) is 4.98 Å². The van der Waals surface area contributed by atoms with Gasteiger partial charge in [-0.1, -0.05) is 13.8 Å². The van der Waals surface area contributed by atoms with Crippen LogP contribution in [0.15, 0.2) is 0 Å². The third kappa shape index (κ3) is 4.39. The van der Waals surface area contributed by atoms with Crippen molar-refractivity contribution in [1.29, 1.82) is 0 Å². The summed E-state index contributed by atoms with van der Waals surface area (Å²) < 4.78 is 10.7. The molecule has 0 bridgehead atoms. The Labute approximate surface area is 131 Å². The number of thiazole rings is 1. The molecule has 6 heteroatoms. The Bertz CT molecular complexity index is 425. The number of methoxy groups -OCH3 is 1. The fourth-order valence-corrected chi connectivity index (χ4v) is 3.74. The van der Waals surface area contributed by atoms with Gasteiger partial charge in [-0.05, 0) is 12.8 Å². The monoisotopic (exact) mass is 313 g/mol. The van der Waals surface area contributed by atoms with Gasteiger partial charge in [0.2, 0.25) is 0 Å². The second kappa shape index (κ2) is 8.68. The van der Waals surface area contributed by atoms with Gasteiger partial charge in [0.15, 0.2) is 5.13 Å². The zero-order valence-corrected chi connectivity index (χ0v) is 14.2. The highest BCUT2D eigenvalue weighted by Gasteiger charge is 2.25. The molecule has 1 atom stereocenters. The summed E-state index contributed by atoms with van der Waals surface area (Å²) in [5.74, 6) is 0. The number of hydrogen-bond acceptors (Lipinski definition) is 6. The van der Waals surface area contributed by atoms with Gasteiger partial charge in [-0.3, -0.25) is 0 Å². The summed E-state index contributed by atoms with van der Waals surface area (Å²) in [7, 11) is 1.73. The molecule has 0 spiro atoms. The third-order valence-electron chi connectivity index (χ3n) is 3.81. The van der Waals surface area contributed by atoms with Gasteiger partial charge in [0.1, 0.15) is 0 Å². The van der Waals surface area contributed by atoms with Crippen LogP contribution in [0.3, 0.4) is 0 Å². The number of nitrogens with zero attached hydrogens (tertiary/aromatic N) is 2. The summed E-state index contributed by atoms with van der Waals surface area (Å²) >= 11 is 1.82. The molecule has 21 heavy (non-hydrogen) atoms. The van der Waals surface area contributed by atoms with E-state index in [0.29, 0.717) is 6.04 Å². The third-order valence-corrected chi connectivity index (χ3v) is 4.95. The quantitative estimate of drug-likeness (QED) is 0.744. The van der Waals surface area contributed by atoms with E-state index in [4.69, 9.17) is 14.5 Å². The molecule has 0 saturated carbocycles. The molecule has 5 nitrogen and oxygen atoms in total. The summed E-state index contributed by atoms with van der Waals surface area (Å²) in [6, 6.07) is 0.462. The smallest absolute Gasteiger partial charge is 0.186 e. The molecule has 2 heterocycles.